The average molecular weight is 265 g/mol. The number of hydrogen-bond donors (Lipinski definition) is 1. The summed E-state index contributed by atoms with van der Waals surface area (Å²) in [4.78, 5) is 12.1. The quantitative estimate of drug-likeness (QED) is 0.838. The zero-order chi connectivity index (χ0) is 14.7. The number of amides is 1. The lowest BCUT2D eigenvalue weighted by atomic mass is 9.86. The fourth-order valence-electron chi connectivity index (χ4n) is 1.65. The fraction of sp³-hybridized carbons (Fsp3) is 0.688. The van der Waals surface area contributed by atoms with Crippen LogP contribution in [0.25, 0.3) is 0 Å². The number of carbonyl (C=O) groups excluding carboxylic acids is 1. The minimum Gasteiger partial charge on any atom is -0.456 e. The van der Waals surface area contributed by atoms with E-state index in [0.29, 0.717) is 5.76 Å². The van der Waals surface area contributed by atoms with Crippen LogP contribution in [0.2, 0.25) is 0 Å². The molecule has 108 valence electrons. The van der Waals surface area contributed by atoms with Gasteiger partial charge in [-0.05, 0) is 37.8 Å². The summed E-state index contributed by atoms with van der Waals surface area (Å²) in [6, 6.07) is 3.67. The summed E-state index contributed by atoms with van der Waals surface area (Å²) in [6.45, 7) is 12.6. The summed E-state index contributed by atoms with van der Waals surface area (Å²) in [5.74, 6) is 1.15. The number of nitrogens with one attached hydrogen (secondary N) is 1. The van der Waals surface area contributed by atoms with Crippen molar-refractivity contribution in [1.82, 2.24) is 5.32 Å². The van der Waals surface area contributed by atoms with E-state index in [0.717, 1.165) is 25.0 Å². The molecule has 0 spiro atoms. The maximum atomic E-state index is 12.1. The lowest BCUT2D eigenvalue weighted by molar-refractivity contribution is 0.0879. The predicted octanol–water partition coefficient (Wildman–Crippen LogP) is 4.18. The SMILES string of the molecule is CCC(C)(C)Cc1ccc(C(=O)NC(C)(C)CC)o1. The van der Waals surface area contributed by atoms with E-state index >= 15 is 0 Å². The summed E-state index contributed by atoms with van der Waals surface area (Å²) in [6.07, 6.45) is 2.82. The molecule has 0 atom stereocenters. The standard InChI is InChI=1S/C16H27NO2/c1-7-15(3,4)11-12-9-10-13(19-12)14(18)17-16(5,6)8-2/h9-10H,7-8,11H2,1-6H3,(H,17,18). The van der Waals surface area contributed by atoms with Gasteiger partial charge in [-0.15, -0.1) is 0 Å². The van der Waals surface area contributed by atoms with Crippen LogP contribution in [0.15, 0.2) is 16.5 Å². The molecule has 0 fully saturated rings. The van der Waals surface area contributed by atoms with Gasteiger partial charge in [-0.3, -0.25) is 4.79 Å². The van der Waals surface area contributed by atoms with Crippen molar-refractivity contribution in [3.8, 4) is 0 Å². The van der Waals surface area contributed by atoms with E-state index < -0.39 is 0 Å². The van der Waals surface area contributed by atoms with Crippen LogP contribution in [-0.4, -0.2) is 11.4 Å². The van der Waals surface area contributed by atoms with Crippen LogP contribution in [0.4, 0.5) is 0 Å². The zero-order valence-corrected chi connectivity index (χ0v) is 13.1. The lowest BCUT2D eigenvalue weighted by Crippen LogP contribution is -2.42. The van der Waals surface area contributed by atoms with Gasteiger partial charge in [-0.25, -0.2) is 0 Å². The van der Waals surface area contributed by atoms with Crippen LogP contribution in [0.3, 0.4) is 0 Å². The second-order valence-corrected chi connectivity index (χ2v) is 6.65. The van der Waals surface area contributed by atoms with Gasteiger partial charge in [0.25, 0.3) is 5.91 Å². The summed E-state index contributed by atoms with van der Waals surface area (Å²) in [7, 11) is 0. The van der Waals surface area contributed by atoms with E-state index in [2.05, 4.69) is 33.0 Å². The van der Waals surface area contributed by atoms with Crippen molar-refractivity contribution in [1.29, 1.82) is 0 Å². The Labute approximate surface area is 116 Å². The minimum atomic E-state index is -0.202. The first kappa shape index (κ1) is 15.8. The fourth-order valence-corrected chi connectivity index (χ4v) is 1.65. The lowest BCUT2D eigenvalue weighted by Gasteiger charge is -2.23. The first-order valence-electron chi connectivity index (χ1n) is 7.10. The molecule has 3 heteroatoms. The molecule has 0 saturated heterocycles. The van der Waals surface area contributed by atoms with Crippen molar-refractivity contribution in [3.63, 3.8) is 0 Å². The highest BCUT2D eigenvalue weighted by Crippen LogP contribution is 2.26. The molecule has 1 aromatic rings. The number of hydrogen-bond acceptors (Lipinski definition) is 2. The van der Waals surface area contributed by atoms with E-state index in [1.165, 1.54) is 0 Å². The molecule has 19 heavy (non-hydrogen) atoms. The zero-order valence-electron chi connectivity index (χ0n) is 13.1. The smallest absolute Gasteiger partial charge is 0.287 e. The molecule has 1 rings (SSSR count). The maximum Gasteiger partial charge on any atom is 0.287 e. The normalized spacial score (nSPS) is 12.5. The summed E-state index contributed by atoms with van der Waals surface area (Å²) >= 11 is 0. The highest BCUT2D eigenvalue weighted by molar-refractivity contribution is 5.91. The van der Waals surface area contributed by atoms with E-state index in [1.807, 2.05) is 19.9 Å². The number of furan rings is 1. The molecular formula is C16H27NO2. The van der Waals surface area contributed by atoms with Crippen LogP contribution in [0.5, 0.6) is 0 Å². The molecule has 0 radical (unpaired) electrons. The molecule has 1 heterocycles. The molecule has 1 amide bonds. The molecular weight excluding hydrogens is 238 g/mol. The highest BCUT2D eigenvalue weighted by Gasteiger charge is 2.22. The largest absolute Gasteiger partial charge is 0.456 e. The van der Waals surface area contributed by atoms with Gasteiger partial charge in [-0.1, -0.05) is 34.1 Å². The summed E-state index contributed by atoms with van der Waals surface area (Å²) in [5.41, 5.74) is 0.00101. The monoisotopic (exact) mass is 265 g/mol. The third kappa shape index (κ3) is 4.73. The Balaban J connectivity index is 2.72. The van der Waals surface area contributed by atoms with Gasteiger partial charge in [-0.2, -0.15) is 0 Å². The van der Waals surface area contributed by atoms with E-state index in [4.69, 9.17) is 4.42 Å². The molecule has 0 aliphatic heterocycles. The Kier molecular flexibility index (Phi) is 4.83. The van der Waals surface area contributed by atoms with Gasteiger partial charge in [0.2, 0.25) is 0 Å². The Morgan fingerprint density at radius 1 is 1.16 bits per heavy atom. The Hall–Kier alpha value is -1.25. The molecule has 0 aliphatic rings. The van der Waals surface area contributed by atoms with Crippen molar-refractivity contribution < 1.29 is 9.21 Å². The Morgan fingerprint density at radius 2 is 1.79 bits per heavy atom. The van der Waals surface area contributed by atoms with E-state index in [9.17, 15) is 4.79 Å². The van der Waals surface area contributed by atoms with Crippen molar-refractivity contribution in [3.05, 3.63) is 23.7 Å². The number of carbonyl (C=O) groups is 1. The molecule has 0 unspecified atom stereocenters. The van der Waals surface area contributed by atoms with Gasteiger partial charge in [0, 0.05) is 12.0 Å². The van der Waals surface area contributed by atoms with Crippen LogP contribution in [-0.2, 0) is 6.42 Å². The minimum absolute atomic E-state index is 0.132. The first-order valence-corrected chi connectivity index (χ1v) is 7.10. The average Bonchev–Trinajstić information content (AvgIpc) is 2.76. The van der Waals surface area contributed by atoms with Crippen molar-refractivity contribution in [2.45, 2.75) is 66.3 Å². The predicted molar refractivity (Wildman–Crippen MR) is 78.3 cm³/mol. The van der Waals surface area contributed by atoms with Crippen molar-refractivity contribution >= 4 is 5.91 Å². The van der Waals surface area contributed by atoms with E-state index in [1.54, 1.807) is 6.07 Å². The third-order valence-corrected chi connectivity index (χ3v) is 3.83. The van der Waals surface area contributed by atoms with Gasteiger partial charge >= 0.3 is 0 Å². The summed E-state index contributed by atoms with van der Waals surface area (Å²) in [5, 5.41) is 2.98. The third-order valence-electron chi connectivity index (χ3n) is 3.83. The molecule has 3 nitrogen and oxygen atoms in total. The van der Waals surface area contributed by atoms with Crippen molar-refractivity contribution in [2.24, 2.45) is 5.41 Å². The van der Waals surface area contributed by atoms with Crippen molar-refractivity contribution in [2.75, 3.05) is 0 Å². The van der Waals surface area contributed by atoms with Crippen LogP contribution >= 0.6 is 0 Å². The molecule has 0 aromatic carbocycles. The van der Waals surface area contributed by atoms with Crippen LogP contribution < -0.4 is 5.32 Å². The van der Waals surface area contributed by atoms with Gasteiger partial charge in [0.05, 0.1) is 0 Å². The van der Waals surface area contributed by atoms with E-state index in [-0.39, 0.29) is 16.9 Å². The van der Waals surface area contributed by atoms with Crippen LogP contribution in [0.1, 0.15) is 70.7 Å². The molecule has 0 aliphatic carbocycles. The topological polar surface area (TPSA) is 42.2 Å². The van der Waals surface area contributed by atoms with Gasteiger partial charge < -0.3 is 9.73 Å². The maximum absolute atomic E-state index is 12.1. The molecule has 1 aromatic heterocycles. The van der Waals surface area contributed by atoms with Gasteiger partial charge in [0.15, 0.2) is 5.76 Å². The molecule has 1 N–H and O–H groups in total. The Morgan fingerprint density at radius 3 is 2.32 bits per heavy atom. The Bertz CT molecular complexity index is 430. The van der Waals surface area contributed by atoms with Crippen LogP contribution in [0, 0.1) is 5.41 Å². The summed E-state index contributed by atoms with van der Waals surface area (Å²) < 4.78 is 5.66. The first-order chi connectivity index (χ1) is 8.69. The number of rotatable bonds is 6. The second kappa shape index (κ2) is 5.81. The second-order valence-electron chi connectivity index (χ2n) is 6.65. The molecule has 0 bridgehead atoms. The highest BCUT2D eigenvalue weighted by atomic mass is 16.3. The van der Waals surface area contributed by atoms with Gasteiger partial charge in [0.1, 0.15) is 5.76 Å². The molecule has 0 saturated carbocycles.